The Bertz CT molecular complexity index is 705. The van der Waals surface area contributed by atoms with Gasteiger partial charge in [0.15, 0.2) is 5.69 Å². The SMILES string of the molecule is Cn1cc(-c2nnc(NCc3ccc(Cl)cc3)o2)nn1. The van der Waals surface area contributed by atoms with E-state index in [0.717, 1.165) is 5.56 Å². The zero-order valence-electron chi connectivity index (χ0n) is 10.6. The zero-order chi connectivity index (χ0) is 13.9. The van der Waals surface area contributed by atoms with E-state index in [4.69, 9.17) is 16.0 Å². The number of benzene rings is 1. The number of aromatic nitrogens is 5. The second-order valence-electron chi connectivity index (χ2n) is 4.17. The number of aryl methyl sites for hydroxylation is 1. The molecule has 0 spiro atoms. The van der Waals surface area contributed by atoms with Crippen LogP contribution in [0.5, 0.6) is 0 Å². The number of nitrogens with zero attached hydrogens (tertiary/aromatic N) is 5. The second kappa shape index (κ2) is 5.30. The largest absolute Gasteiger partial charge is 0.402 e. The van der Waals surface area contributed by atoms with Gasteiger partial charge in [0.1, 0.15) is 0 Å². The summed E-state index contributed by atoms with van der Waals surface area (Å²) in [6, 6.07) is 7.85. The lowest BCUT2D eigenvalue weighted by Crippen LogP contribution is -1.99. The summed E-state index contributed by atoms with van der Waals surface area (Å²) in [5.74, 6) is 0.330. The molecule has 0 aliphatic rings. The predicted molar refractivity (Wildman–Crippen MR) is 73.1 cm³/mol. The number of hydrogen-bond donors (Lipinski definition) is 1. The average molecular weight is 291 g/mol. The second-order valence-corrected chi connectivity index (χ2v) is 4.61. The van der Waals surface area contributed by atoms with Crippen molar-refractivity contribution in [2.24, 2.45) is 7.05 Å². The lowest BCUT2D eigenvalue weighted by Gasteiger charge is -2.01. The maximum Gasteiger partial charge on any atom is 0.316 e. The number of hydrogen-bond acceptors (Lipinski definition) is 6. The minimum atomic E-state index is 0.330. The molecular formula is C12H11ClN6O. The molecule has 0 atom stereocenters. The molecule has 7 nitrogen and oxygen atoms in total. The van der Waals surface area contributed by atoms with Crippen molar-refractivity contribution in [1.82, 2.24) is 25.2 Å². The Balaban J connectivity index is 1.67. The molecule has 2 heterocycles. The third kappa shape index (κ3) is 2.77. The number of rotatable bonds is 4. The summed E-state index contributed by atoms with van der Waals surface area (Å²) in [7, 11) is 1.77. The maximum absolute atomic E-state index is 5.83. The minimum absolute atomic E-state index is 0.330. The summed E-state index contributed by atoms with van der Waals surface area (Å²) in [6.45, 7) is 0.569. The predicted octanol–water partition coefficient (Wildman–Crippen LogP) is 2.13. The van der Waals surface area contributed by atoms with E-state index >= 15 is 0 Å². The van der Waals surface area contributed by atoms with E-state index < -0.39 is 0 Å². The van der Waals surface area contributed by atoms with E-state index in [-0.39, 0.29) is 0 Å². The Labute approximate surface area is 119 Å². The van der Waals surface area contributed by atoms with Crippen LogP contribution in [-0.2, 0) is 13.6 Å². The third-order valence-corrected chi connectivity index (χ3v) is 2.86. The van der Waals surface area contributed by atoms with Crippen molar-refractivity contribution in [2.45, 2.75) is 6.54 Å². The highest BCUT2D eigenvalue weighted by Gasteiger charge is 2.11. The first-order chi connectivity index (χ1) is 9.70. The third-order valence-electron chi connectivity index (χ3n) is 2.60. The smallest absolute Gasteiger partial charge is 0.316 e. The molecule has 0 unspecified atom stereocenters. The van der Waals surface area contributed by atoms with Crippen molar-refractivity contribution in [1.29, 1.82) is 0 Å². The van der Waals surface area contributed by atoms with Crippen molar-refractivity contribution in [2.75, 3.05) is 5.32 Å². The van der Waals surface area contributed by atoms with E-state index in [1.165, 1.54) is 0 Å². The van der Waals surface area contributed by atoms with Gasteiger partial charge in [0, 0.05) is 18.6 Å². The Morgan fingerprint density at radius 1 is 1.20 bits per heavy atom. The van der Waals surface area contributed by atoms with Crippen LogP contribution in [0.15, 0.2) is 34.9 Å². The Kier molecular flexibility index (Phi) is 3.34. The molecule has 1 aromatic carbocycles. The fraction of sp³-hybridized carbons (Fsp3) is 0.167. The van der Waals surface area contributed by atoms with Gasteiger partial charge in [0.2, 0.25) is 0 Å². The molecule has 0 radical (unpaired) electrons. The highest BCUT2D eigenvalue weighted by molar-refractivity contribution is 6.30. The van der Waals surface area contributed by atoms with Crippen molar-refractivity contribution >= 4 is 17.6 Å². The molecule has 0 aliphatic heterocycles. The van der Waals surface area contributed by atoms with E-state index in [0.29, 0.717) is 29.2 Å². The van der Waals surface area contributed by atoms with E-state index in [9.17, 15) is 0 Å². The average Bonchev–Trinajstić information content (AvgIpc) is 3.07. The molecule has 3 rings (SSSR count). The van der Waals surface area contributed by atoms with Gasteiger partial charge in [-0.3, -0.25) is 4.68 Å². The van der Waals surface area contributed by atoms with Crippen molar-refractivity contribution in [3.63, 3.8) is 0 Å². The van der Waals surface area contributed by atoms with Crippen LogP contribution in [-0.4, -0.2) is 25.2 Å². The normalized spacial score (nSPS) is 10.7. The summed E-state index contributed by atoms with van der Waals surface area (Å²) in [5, 5.41) is 19.3. The fourth-order valence-electron chi connectivity index (χ4n) is 1.62. The molecule has 2 aromatic heterocycles. The van der Waals surface area contributed by atoms with Crippen LogP contribution in [0.4, 0.5) is 6.01 Å². The maximum atomic E-state index is 5.83. The van der Waals surface area contributed by atoms with Crippen LogP contribution in [0, 0.1) is 0 Å². The first-order valence-electron chi connectivity index (χ1n) is 5.89. The Morgan fingerprint density at radius 3 is 2.70 bits per heavy atom. The van der Waals surface area contributed by atoms with Crippen molar-refractivity contribution < 1.29 is 4.42 Å². The number of nitrogens with one attached hydrogen (secondary N) is 1. The molecule has 0 aliphatic carbocycles. The molecule has 0 amide bonds. The summed E-state index contributed by atoms with van der Waals surface area (Å²) in [4.78, 5) is 0. The zero-order valence-corrected chi connectivity index (χ0v) is 11.4. The quantitative estimate of drug-likeness (QED) is 0.792. The summed E-state index contributed by atoms with van der Waals surface area (Å²) in [5.41, 5.74) is 1.60. The molecule has 8 heteroatoms. The standard InChI is InChI=1S/C12H11ClN6O/c1-19-7-10(15-18-19)11-16-17-12(20-11)14-6-8-2-4-9(13)5-3-8/h2-5,7H,6H2,1H3,(H,14,17). The molecule has 0 bridgehead atoms. The van der Waals surface area contributed by atoms with Crippen LogP contribution < -0.4 is 5.32 Å². The van der Waals surface area contributed by atoms with Crippen LogP contribution in [0.25, 0.3) is 11.6 Å². The summed E-state index contributed by atoms with van der Waals surface area (Å²) < 4.78 is 7.02. The van der Waals surface area contributed by atoms with Gasteiger partial charge < -0.3 is 9.73 Å². The van der Waals surface area contributed by atoms with Crippen LogP contribution in [0.2, 0.25) is 5.02 Å². The molecule has 1 N–H and O–H groups in total. The van der Waals surface area contributed by atoms with Gasteiger partial charge in [-0.15, -0.1) is 10.2 Å². The van der Waals surface area contributed by atoms with Crippen LogP contribution in [0.3, 0.4) is 0 Å². The first-order valence-corrected chi connectivity index (χ1v) is 6.27. The van der Waals surface area contributed by atoms with Crippen molar-refractivity contribution in [3.8, 4) is 11.6 Å². The van der Waals surface area contributed by atoms with E-state index in [1.54, 1.807) is 17.9 Å². The van der Waals surface area contributed by atoms with Gasteiger partial charge in [0.25, 0.3) is 5.89 Å². The van der Waals surface area contributed by atoms with Gasteiger partial charge in [-0.2, -0.15) is 0 Å². The lowest BCUT2D eigenvalue weighted by molar-refractivity contribution is 0.578. The molecule has 102 valence electrons. The molecule has 0 saturated carbocycles. The van der Waals surface area contributed by atoms with Gasteiger partial charge in [-0.05, 0) is 17.7 Å². The highest BCUT2D eigenvalue weighted by Crippen LogP contribution is 2.17. The Hall–Kier alpha value is -2.41. The summed E-state index contributed by atoms with van der Waals surface area (Å²) >= 11 is 5.83. The molecule has 0 saturated heterocycles. The summed E-state index contributed by atoms with van der Waals surface area (Å²) in [6.07, 6.45) is 1.70. The molecule has 0 fully saturated rings. The van der Waals surface area contributed by atoms with Crippen LogP contribution in [0.1, 0.15) is 5.56 Å². The minimum Gasteiger partial charge on any atom is -0.402 e. The van der Waals surface area contributed by atoms with E-state index in [2.05, 4.69) is 25.8 Å². The fourth-order valence-corrected chi connectivity index (χ4v) is 1.75. The van der Waals surface area contributed by atoms with Gasteiger partial charge in [-0.25, -0.2) is 0 Å². The van der Waals surface area contributed by atoms with Crippen LogP contribution >= 0.6 is 11.6 Å². The Morgan fingerprint density at radius 2 is 2.00 bits per heavy atom. The monoisotopic (exact) mass is 290 g/mol. The first kappa shape index (κ1) is 12.6. The molecule has 20 heavy (non-hydrogen) atoms. The van der Waals surface area contributed by atoms with Gasteiger partial charge in [0.05, 0.1) is 6.20 Å². The van der Waals surface area contributed by atoms with E-state index in [1.807, 2.05) is 24.3 Å². The topological polar surface area (TPSA) is 81.7 Å². The van der Waals surface area contributed by atoms with Gasteiger partial charge >= 0.3 is 6.01 Å². The molecular weight excluding hydrogens is 280 g/mol. The lowest BCUT2D eigenvalue weighted by atomic mass is 10.2. The van der Waals surface area contributed by atoms with Crippen molar-refractivity contribution in [3.05, 3.63) is 41.0 Å². The van der Waals surface area contributed by atoms with Gasteiger partial charge in [-0.1, -0.05) is 34.0 Å². The number of anilines is 1. The number of halogens is 1. The highest BCUT2D eigenvalue weighted by atomic mass is 35.5. The molecule has 3 aromatic rings.